The summed E-state index contributed by atoms with van der Waals surface area (Å²) in [5.41, 5.74) is 8.64. The number of rotatable bonds is 4. The minimum atomic E-state index is 0.183. The molecule has 1 fully saturated rings. The zero-order valence-electron chi connectivity index (χ0n) is 12.6. The normalized spacial score (nSPS) is 24.8. The van der Waals surface area contributed by atoms with E-state index in [1.807, 2.05) is 6.07 Å². The molecule has 2 N–H and O–H groups in total. The average molecular weight is 313 g/mol. The summed E-state index contributed by atoms with van der Waals surface area (Å²) in [4.78, 5) is 2.48. The van der Waals surface area contributed by atoms with Gasteiger partial charge in [0.1, 0.15) is 0 Å². The van der Waals surface area contributed by atoms with E-state index in [4.69, 9.17) is 17.3 Å². The maximum absolute atomic E-state index is 6.44. The second-order valence-electron chi connectivity index (χ2n) is 5.77. The predicted molar refractivity (Wildman–Crippen MR) is 92.2 cm³/mol. The highest BCUT2D eigenvalue weighted by molar-refractivity contribution is 8.00. The highest BCUT2D eigenvalue weighted by Crippen LogP contribution is 2.34. The molecule has 0 bridgehead atoms. The summed E-state index contributed by atoms with van der Waals surface area (Å²) < 4.78 is 0. The minimum absolute atomic E-state index is 0.183. The Kier molecular flexibility index (Phi) is 5.65. The van der Waals surface area contributed by atoms with Crippen LogP contribution in [0.3, 0.4) is 0 Å². The summed E-state index contributed by atoms with van der Waals surface area (Å²) in [7, 11) is 0. The monoisotopic (exact) mass is 312 g/mol. The van der Waals surface area contributed by atoms with E-state index in [0.717, 1.165) is 31.0 Å². The zero-order valence-corrected chi connectivity index (χ0v) is 14.2. The van der Waals surface area contributed by atoms with Gasteiger partial charge in [0.2, 0.25) is 0 Å². The molecule has 0 radical (unpaired) electrons. The van der Waals surface area contributed by atoms with Crippen LogP contribution in [0.2, 0.25) is 5.02 Å². The average Bonchev–Trinajstić information content (AvgIpc) is 2.39. The number of halogens is 1. The van der Waals surface area contributed by atoms with Gasteiger partial charge in [-0.2, -0.15) is 11.8 Å². The van der Waals surface area contributed by atoms with Crippen molar-refractivity contribution in [1.82, 2.24) is 0 Å². The van der Waals surface area contributed by atoms with E-state index >= 15 is 0 Å². The standard InChI is InChI=1S/C16H25ClN2S/c1-4-13(18)8-14-15(17)6-5-7-16(14)19-9-11(2)20-12(3)10-19/h5-7,11-13H,4,8-10,18H2,1-3H3. The lowest BCUT2D eigenvalue weighted by Gasteiger charge is -2.37. The molecule has 1 aliphatic heterocycles. The molecule has 1 aromatic carbocycles. The number of hydrogen-bond donors (Lipinski definition) is 1. The van der Waals surface area contributed by atoms with E-state index in [0.29, 0.717) is 10.5 Å². The highest BCUT2D eigenvalue weighted by atomic mass is 35.5. The first kappa shape index (κ1) is 16.0. The van der Waals surface area contributed by atoms with Gasteiger partial charge in [-0.25, -0.2) is 0 Å². The maximum Gasteiger partial charge on any atom is 0.0459 e. The van der Waals surface area contributed by atoms with Gasteiger partial charge in [-0.05, 0) is 30.5 Å². The van der Waals surface area contributed by atoms with Crippen LogP contribution in [0.15, 0.2) is 18.2 Å². The van der Waals surface area contributed by atoms with Gasteiger partial charge in [0.05, 0.1) is 0 Å². The predicted octanol–water partition coefficient (Wildman–Crippen LogP) is 3.95. The lowest BCUT2D eigenvalue weighted by atomic mass is 10.0. The third-order valence-electron chi connectivity index (χ3n) is 3.85. The van der Waals surface area contributed by atoms with E-state index < -0.39 is 0 Å². The van der Waals surface area contributed by atoms with Crippen molar-refractivity contribution in [3.8, 4) is 0 Å². The van der Waals surface area contributed by atoms with E-state index in [1.54, 1.807) is 0 Å². The Hall–Kier alpha value is -0.380. The lowest BCUT2D eigenvalue weighted by molar-refractivity contribution is 0.642. The van der Waals surface area contributed by atoms with Crippen molar-refractivity contribution in [2.75, 3.05) is 18.0 Å². The molecule has 3 unspecified atom stereocenters. The Morgan fingerprint density at radius 3 is 2.60 bits per heavy atom. The molecule has 0 amide bonds. The first-order chi connectivity index (χ1) is 9.51. The fourth-order valence-corrected chi connectivity index (χ4v) is 4.40. The van der Waals surface area contributed by atoms with Crippen molar-refractivity contribution in [3.05, 3.63) is 28.8 Å². The molecule has 3 atom stereocenters. The van der Waals surface area contributed by atoms with E-state index in [2.05, 4.69) is 49.6 Å². The van der Waals surface area contributed by atoms with Gasteiger partial charge in [-0.3, -0.25) is 0 Å². The van der Waals surface area contributed by atoms with Crippen molar-refractivity contribution in [2.45, 2.75) is 50.2 Å². The molecule has 2 nitrogen and oxygen atoms in total. The quantitative estimate of drug-likeness (QED) is 0.912. The summed E-state index contributed by atoms with van der Waals surface area (Å²) in [6, 6.07) is 6.41. The maximum atomic E-state index is 6.44. The smallest absolute Gasteiger partial charge is 0.0459 e. The second-order valence-corrected chi connectivity index (χ2v) is 8.06. The summed E-state index contributed by atoms with van der Waals surface area (Å²) in [6.07, 6.45) is 1.84. The Morgan fingerprint density at radius 2 is 2.00 bits per heavy atom. The number of nitrogens with zero attached hydrogens (tertiary/aromatic N) is 1. The number of benzene rings is 1. The number of hydrogen-bond acceptors (Lipinski definition) is 3. The summed E-state index contributed by atoms with van der Waals surface area (Å²) in [5.74, 6) is 0. The van der Waals surface area contributed by atoms with Crippen molar-refractivity contribution in [3.63, 3.8) is 0 Å². The Morgan fingerprint density at radius 1 is 1.35 bits per heavy atom. The lowest BCUT2D eigenvalue weighted by Crippen LogP contribution is -2.41. The van der Waals surface area contributed by atoms with Gasteiger partial charge in [0, 0.05) is 40.3 Å². The molecule has 2 rings (SSSR count). The molecule has 1 aromatic rings. The molecule has 4 heteroatoms. The zero-order chi connectivity index (χ0) is 14.7. The first-order valence-electron chi connectivity index (χ1n) is 7.44. The first-order valence-corrected chi connectivity index (χ1v) is 8.76. The van der Waals surface area contributed by atoms with Crippen molar-refractivity contribution in [1.29, 1.82) is 0 Å². The fourth-order valence-electron chi connectivity index (χ4n) is 2.83. The van der Waals surface area contributed by atoms with Crippen LogP contribution in [-0.2, 0) is 6.42 Å². The largest absolute Gasteiger partial charge is 0.369 e. The van der Waals surface area contributed by atoms with Crippen LogP contribution in [0.5, 0.6) is 0 Å². The Bertz CT molecular complexity index is 442. The fraction of sp³-hybridized carbons (Fsp3) is 0.625. The van der Waals surface area contributed by atoms with Gasteiger partial charge in [0.25, 0.3) is 0 Å². The van der Waals surface area contributed by atoms with Crippen LogP contribution < -0.4 is 10.6 Å². The molecule has 0 saturated carbocycles. The molecule has 112 valence electrons. The van der Waals surface area contributed by atoms with Crippen LogP contribution in [0, 0.1) is 0 Å². The van der Waals surface area contributed by atoms with Gasteiger partial charge in [-0.15, -0.1) is 0 Å². The third kappa shape index (κ3) is 3.84. The van der Waals surface area contributed by atoms with Crippen LogP contribution in [0.25, 0.3) is 0 Å². The summed E-state index contributed by atoms with van der Waals surface area (Å²) >= 11 is 8.50. The molecule has 20 heavy (non-hydrogen) atoms. The van der Waals surface area contributed by atoms with Crippen LogP contribution >= 0.6 is 23.4 Å². The van der Waals surface area contributed by atoms with Gasteiger partial charge in [0.15, 0.2) is 0 Å². The Labute approximate surface area is 132 Å². The molecule has 1 heterocycles. The summed E-state index contributed by atoms with van der Waals surface area (Å²) in [6.45, 7) is 8.90. The molecule has 0 aromatic heterocycles. The minimum Gasteiger partial charge on any atom is -0.369 e. The van der Waals surface area contributed by atoms with Crippen molar-refractivity contribution < 1.29 is 0 Å². The molecule has 1 saturated heterocycles. The van der Waals surface area contributed by atoms with Crippen LogP contribution in [0.1, 0.15) is 32.8 Å². The van der Waals surface area contributed by atoms with Gasteiger partial charge in [-0.1, -0.05) is 38.4 Å². The van der Waals surface area contributed by atoms with Crippen molar-refractivity contribution >= 4 is 29.1 Å². The van der Waals surface area contributed by atoms with E-state index in [9.17, 15) is 0 Å². The van der Waals surface area contributed by atoms with Gasteiger partial charge < -0.3 is 10.6 Å². The molecule has 1 aliphatic rings. The second kappa shape index (κ2) is 7.06. The SMILES string of the molecule is CCC(N)Cc1c(Cl)cccc1N1CC(C)SC(C)C1. The van der Waals surface area contributed by atoms with Crippen molar-refractivity contribution in [2.24, 2.45) is 5.73 Å². The number of anilines is 1. The molecule has 0 aliphatic carbocycles. The molecular weight excluding hydrogens is 288 g/mol. The van der Waals surface area contributed by atoms with Crippen LogP contribution in [0.4, 0.5) is 5.69 Å². The topological polar surface area (TPSA) is 29.3 Å². The van der Waals surface area contributed by atoms with E-state index in [-0.39, 0.29) is 6.04 Å². The Balaban J connectivity index is 2.28. The number of nitrogens with two attached hydrogens (primary N) is 1. The number of thioether (sulfide) groups is 1. The van der Waals surface area contributed by atoms with Crippen LogP contribution in [-0.4, -0.2) is 29.6 Å². The summed E-state index contributed by atoms with van der Waals surface area (Å²) in [5, 5.41) is 2.17. The highest BCUT2D eigenvalue weighted by Gasteiger charge is 2.24. The molecular formula is C16H25ClN2S. The van der Waals surface area contributed by atoms with Gasteiger partial charge >= 0.3 is 0 Å². The van der Waals surface area contributed by atoms with E-state index in [1.165, 1.54) is 11.3 Å². The molecule has 0 spiro atoms. The third-order valence-corrected chi connectivity index (χ3v) is 5.43.